The molecule has 4 atom stereocenters. The number of hydrogen-bond acceptors (Lipinski definition) is 5. The van der Waals surface area contributed by atoms with Gasteiger partial charge in [0.1, 0.15) is 17.7 Å². The number of carbonyl (C=O) groups excluding carboxylic acids is 1. The first-order valence-corrected chi connectivity index (χ1v) is 12.1. The Balaban J connectivity index is 1.60. The van der Waals surface area contributed by atoms with Crippen molar-refractivity contribution >= 4 is 17.5 Å². The van der Waals surface area contributed by atoms with Crippen LogP contribution in [0.3, 0.4) is 0 Å². The average molecular weight is 510 g/mol. The molecular weight excluding hydrogens is 480 g/mol. The van der Waals surface area contributed by atoms with E-state index in [-0.39, 0.29) is 37.5 Å². The number of ether oxygens (including phenoxy) is 4. The van der Waals surface area contributed by atoms with Crippen molar-refractivity contribution in [3.05, 3.63) is 70.2 Å². The van der Waals surface area contributed by atoms with Gasteiger partial charge >= 0.3 is 0 Å². The van der Waals surface area contributed by atoms with Crippen molar-refractivity contribution in [2.24, 2.45) is 0 Å². The highest BCUT2D eigenvalue weighted by Gasteiger charge is 2.58. The third-order valence-corrected chi connectivity index (χ3v) is 6.51. The molecule has 0 aromatic heterocycles. The van der Waals surface area contributed by atoms with Gasteiger partial charge in [-0.1, -0.05) is 29.8 Å². The molecule has 4 rings (SSSR count). The van der Waals surface area contributed by atoms with Gasteiger partial charge in [-0.05, 0) is 44.5 Å². The molecule has 2 aromatic rings. The number of amides is 1. The van der Waals surface area contributed by atoms with Crippen LogP contribution in [0.1, 0.15) is 44.7 Å². The van der Waals surface area contributed by atoms with Gasteiger partial charge in [-0.2, -0.15) is 0 Å². The lowest BCUT2D eigenvalue weighted by Crippen LogP contribution is -2.60. The van der Waals surface area contributed by atoms with Crippen LogP contribution in [0.2, 0.25) is 5.02 Å². The molecule has 0 bridgehead atoms. The normalized spacial score (nSPS) is 27.4. The highest BCUT2D eigenvalue weighted by molar-refractivity contribution is 6.30. The van der Waals surface area contributed by atoms with Crippen molar-refractivity contribution in [3.63, 3.8) is 0 Å². The van der Waals surface area contributed by atoms with Gasteiger partial charge in [-0.25, -0.2) is 8.78 Å². The molecule has 1 N–H and O–H groups in total. The molecule has 1 saturated heterocycles. The molecule has 1 heterocycles. The number of fused-ring (bicyclic) bond motifs is 1. The summed E-state index contributed by atoms with van der Waals surface area (Å²) in [6, 6.07) is 10.6. The Bertz CT molecular complexity index is 1070. The molecule has 0 spiro atoms. The van der Waals surface area contributed by atoms with Crippen LogP contribution in [0, 0.1) is 11.6 Å². The fourth-order valence-corrected chi connectivity index (χ4v) is 4.93. The van der Waals surface area contributed by atoms with Crippen LogP contribution in [-0.2, 0) is 37.0 Å². The summed E-state index contributed by atoms with van der Waals surface area (Å²) in [5.41, 5.74) is -0.339. The second kappa shape index (κ2) is 10.5. The van der Waals surface area contributed by atoms with E-state index in [1.54, 1.807) is 6.07 Å². The smallest absolute Gasteiger partial charge is 0.252 e. The van der Waals surface area contributed by atoms with Crippen LogP contribution in [0.15, 0.2) is 42.5 Å². The first-order chi connectivity index (χ1) is 16.6. The maximum Gasteiger partial charge on any atom is 0.252 e. The number of carbonyl (C=O) groups is 1. The van der Waals surface area contributed by atoms with Crippen molar-refractivity contribution in [1.82, 2.24) is 5.32 Å². The van der Waals surface area contributed by atoms with Crippen molar-refractivity contribution in [1.29, 1.82) is 0 Å². The highest BCUT2D eigenvalue weighted by atomic mass is 35.5. The van der Waals surface area contributed by atoms with E-state index in [2.05, 4.69) is 5.32 Å². The largest absolute Gasteiger partial charge is 0.371 e. The topological polar surface area (TPSA) is 66.0 Å². The fraction of sp³-hybridized carbons (Fsp3) is 0.500. The lowest BCUT2D eigenvalue weighted by molar-refractivity contribution is -0.183. The van der Waals surface area contributed by atoms with E-state index in [1.165, 1.54) is 6.07 Å². The van der Waals surface area contributed by atoms with E-state index in [1.807, 2.05) is 39.0 Å². The van der Waals surface area contributed by atoms with E-state index in [0.29, 0.717) is 11.6 Å². The lowest BCUT2D eigenvalue weighted by atomic mass is 9.78. The Kier molecular flexibility index (Phi) is 7.78. The van der Waals surface area contributed by atoms with E-state index in [0.717, 1.165) is 17.7 Å². The number of benzene rings is 2. The molecule has 6 nitrogen and oxygen atoms in total. The van der Waals surface area contributed by atoms with Gasteiger partial charge in [0.15, 0.2) is 11.4 Å². The van der Waals surface area contributed by atoms with Crippen molar-refractivity contribution in [3.8, 4) is 0 Å². The molecule has 2 aliphatic rings. The van der Waals surface area contributed by atoms with Gasteiger partial charge in [-0.3, -0.25) is 4.79 Å². The second-order valence-corrected chi connectivity index (χ2v) is 9.84. The summed E-state index contributed by atoms with van der Waals surface area (Å²) < 4.78 is 52.4. The molecule has 1 aliphatic heterocycles. The lowest BCUT2D eigenvalue weighted by Gasteiger charge is -2.43. The molecule has 0 unspecified atom stereocenters. The van der Waals surface area contributed by atoms with Gasteiger partial charge in [0.2, 0.25) is 0 Å². The van der Waals surface area contributed by atoms with E-state index < -0.39 is 41.3 Å². The second-order valence-electron chi connectivity index (χ2n) is 9.40. The minimum Gasteiger partial charge on any atom is -0.371 e. The third-order valence-electron chi connectivity index (χ3n) is 6.27. The SMILES string of the molecule is CCNC(=O)[C@@]1(OCc2ccc(F)cc2F)C[C@H](OCc2cccc(Cl)c2)[C@@H]2OC(C)(C)O[C@@H]2C1. The maximum absolute atomic E-state index is 14.3. The maximum atomic E-state index is 14.3. The summed E-state index contributed by atoms with van der Waals surface area (Å²) in [6.07, 6.45) is -1.08. The van der Waals surface area contributed by atoms with E-state index >= 15 is 0 Å². The summed E-state index contributed by atoms with van der Waals surface area (Å²) in [5, 5.41) is 3.42. The van der Waals surface area contributed by atoms with E-state index in [4.69, 9.17) is 30.5 Å². The number of rotatable bonds is 8. The highest BCUT2D eigenvalue weighted by Crippen LogP contribution is 2.44. The van der Waals surface area contributed by atoms with Crippen LogP contribution >= 0.6 is 11.6 Å². The predicted octanol–water partition coefficient (Wildman–Crippen LogP) is 4.91. The summed E-state index contributed by atoms with van der Waals surface area (Å²) in [4.78, 5) is 13.3. The average Bonchev–Trinajstić information content (AvgIpc) is 3.10. The Morgan fingerprint density at radius 2 is 1.94 bits per heavy atom. The van der Waals surface area contributed by atoms with Gasteiger partial charge in [0, 0.05) is 36.0 Å². The molecule has 2 aromatic carbocycles. The number of halogens is 3. The van der Waals surface area contributed by atoms with Crippen molar-refractivity contribution in [2.45, 2.75) is 76.5 Å². The first kappa shape index (κ1) is 26.0. The van der Waals surface area contributed by atoms with Gasteiger partial charge in [-0.15, -0.1) is 0 Å². The zero-order valence-electron chi connectivity index (χ0n) is 20.0. The minimum absolute atomic E-state index is 0.150. The molecule has 2 fully saturated rings. The Hall–Kier alpha value is -2.10. The summed E-state index contributed by atoms with van der Waals surface area (Å²) in [7, 11) is 0. The summed E-state index contributed by atoms with van der Waals surface area (Å²) in [5.74, 6) is -2.63. The zero-order chi connectivity index (χ0) is 25.2. The van der Waals surface area contributed by atoms with Crippen LogP contribution in [0.25, 0.3) is 0 Å². The van der Waals surface area contributed by atoms with Crippen molar-refractivity contribution in [2.75, 3.05) is 6.54 Å². The predicted molar refractivity (Wildman–Crippen MR) is 126 cm³/mol. The van der Waals surface area contributed by atoms with Crippen LogP contribution < -0.4 is 5.32 Å². The van der Waals surface area contributed by atoms with Crippen LogP contribution in [-0.4, -0.2) is 42.2 Å². The van der Waals surface area contributed by atoms with Crippen LogP contribution in [0.4, 0.5) is 8.78 Å². The standard InChI is InChI=1S/C26H30ClF2NO5/c1-4-30-24(31)26(33-15-17-8-9-19(28)11-20(17)29)12-21(23-22(13-26)34-25(2,3)35-23)32-14-16-6-5-7-18(27)10-16/h5-11,21-23H,4,12-15H2,1-3H3,(H,30,31)/t21-,22+,23-,26+/m0/s1. The summed E-state index contributed by atoms with van der Waals surface area (Å²) in [6.45, 7) is 5.84. The summed E-state index contributed by atoms with van der Waals surface area (Å²) >= 11 is 6.11. The zero-order valence-corrected chi connectivity index (χ0v) is 20.7. The van der Waals surface area contributed by atoms with Gasteiger partial charge in [0.05, 0.1) is 25.4 Å². The molecule has 1 saturated carbocycles. The molecule has 1 aliphatic carbocycles. The fourth-order valence-electron chi connectivity index (χ4n) is 4.71. The monoisotopic (exact) mass is 509 g/mol. The minimum atomic E-state index is -1.36. The number of hydrogen-bond donors (Lipinski definition) is 1. The van der Waals surface area contributed by atoms with Crippen LogP contribution in [0.5, 0.6) is 0 Å². The van der Waals surface area contributed by atoms with Gasteiger partial charge < -0.3 is 24.3 Å². The molecular formula is C26H30ClF2NO5. The quantitative estimate of drug-likeness (QED) is 0.548. The Morgan fingerprint density at radius 3 is 2.66 bits per heavy atom. The van der Waals surface area contributed by atoms with Gasteiger partial charge in [0.25, 0.3) is 5.91 Å². The molecule has 1 amide bonds. The molecule has 9 heteroatoms. The Morgan fingerprint density at radius 1 is 1.14 bits per heavy atom. The first-order valence-electron chi connectivity index (χ1n) is 11.7. The Labute approximate surface area is 208 Å². The van der Waals surface area contributed by atoms with E-state index in [9.17, 15) is 13.6 Å². The molecule has 190 valence electrons. The molecule has 35 heavy (non-hydrogen) atoms. The molecule has 0 radical (unpaired) electrons. The third kappa shape index (κ3) is 6.01. The number of nitrogens with one attached hydrogen (secondary N) is 1. The van der Waals surface area contributed by atoms with Crippen molar-refractivity contribution < 1.29 is 32.5 Å². The number of likely N-dealkylation sites (N-methyl/N-ethyl adjacent to an activating group) is 1.